The lowest BCUT2D eigenvalue weighted by Crippen LogP contribution is -1.95. The van der Waals surface area contributed by atoms with Gasteiger partial charge in [-0.25, -0.2) is 18.7 Å². The Morgan fingerprint density at radius 3 is 1.93 bits per heavy atom. The van der Waals surface area contributed by atoms with Crippen LogP contribution in [0.5, 0.6) is 5.75 Å². The van der Waals surface area contributed by atoms with Crippen LogP contribution in [0.3, 0.4) is 0 Å². The topological polar surface area (TPSA) is 35.0 Å². The van der Waals surface area contributed by atoms with Gasteiger partial charge in [-0.15, -0.1) is 0 Å². The largest absolute Gasteiger partial charge is 0.496 e. The van der Waals surface area contributed by atoms with Crippen molar-refractivity contribution in [3.63, 3.8) is 0 Å². The number of hydrogen-bond donors (Lipinski definition) is 0. The van der Waals surface area contributed by atoms with Gasteiger partial charge in [0.15, 0.2) is 5.82 Å². The molecule has 0 aliphatic carbocycles. The van der Waals surface area contributed by atoms with Gasteiger partial charge in [-0.1, -0.05) is 48.5 Å². The zero-order chi connectivity index (χ0) is 19.5. The maximum Gasteiger partial charge on any atom is 0.165 e. The number of halogens is 2. The quantitative estimate of drug-likeness (QED) is 0.455. The Bertz CT molecular complexity index is 1090. The van der Waals surface area contributed by atoms with Crippen molar-refractivity contribution in [1.82, 2.24) is 9.97 Å². The Morgan fingerprint density at radius 2 is 1.29 bits per heavy atom. The smallest absolute Gasteiger partial charge is 0.165 e. The van der Waals surface area contributed by atoms with Gasteiger partial charge in [0.2, 0.25) is 0 Å². The van der Waals surface area contributed by atoms with E-state index in [0.717, 1.165) is 28.0 Å². The summed E-state index contributed by atoms with van der Waals surface area (Å²) >= 11 is 0. The number of methoxy groups -OCH3 is 1. The summed E-state index contributed by atoms with van der Waals surface area (Å²) in [5, 5.41) is 0. The molecule has 0 atom stereocenters. The fraction of sp³-hybridized carbons (Fsp3) is 0.0435. The molecule has 3 nitrogen and oxygen atoms in total. The Kier molecular flexibility index (Phi) is 4.81. The van der Waals surface area contributed by atoms with E-state index in [9.17, 15) is 8.78 Å². The van der Waals surface area contributed by atoms with Gasteiger partial charge < -0.3 is 4.74 Å². The van der Waals surface area contributed by atoms with Gasteiger partial charge in [0.25, 0.3) is 0 Å². The van der Waals surface area contributed by atoms with Crippen molar-refractivity contribution >= 4 is 0 Å². The highest BCUT2D eigenvalue weighted by Crippen LogP contribution is 2.31. The summed E-state index contributed by atoms with van der Waals surface area (Å²) in [6.45, 7) is 0. The first-order chi connectivity index (χ1) is 13.7. The summed E-state index contributed by atoms with van der Waals surface area (Å²) in [6.07, 6.45) is 3.12. The summed E-state index contributed by atoms with van der Waals surface area (Å²) in [5.74, 6) is -0.553. The summed E-state index contributed by atoms with van der Waals surface area (Å²) in [5.41, 5.74) is 3.46. The fourth-order valence-electron chi connectivity index (χ4n) is 3.04. The monoisotopic (exact) mass is 374 g/mol. The fourth-order valence-corrected chi connectivity index (χ4v) is 3.04. The van der Waals surface area contributed by atoms with E-state index < -0.39 is 11.6 Å². The zero-order valence-corrected chi connectivity index (χ0v) is 15.1. The molecule has 1 heterocycles. The Morgan fingerprint density at radius 1 is 0.679 bits per heavy atom. The normalized spacial score (nSPS) is 10.7. The number of aromatic nitrogens is 2. The number of rotatable bonds is 4. The van der Waals surface area contributed by atoms with Crippen LogP contribution in [-0.4, -0.2) is 17.1 Å². The summed E-state index contributed by atoms with van der Waals surface area (Å²) in [7, 11) is 1.64. The second-order valence-corrected chi connectivity index (χ2v) is 6.17. The molecule has 0 amide bonds. The van der Waals surface area contributed by atoms with Crippen LogP contribution in [0.2, 0.25) is 0 Å². The zero-order valence-electron chi connectivity index (χ0n) is 15.1. The molecule has 3 aromatic carbocycles. The van der Waals surface area contributed by atoms with Gasteiger partial charge >= 0.3 is 0 Å². The van der Waals surface area contributed by atoms with Crippen LogP contribution in [0.1, 0.15) is 0 Å². The van der Waals surface area contributed by atoms with Crippen molar-refractivity contribution in [3.8, 4) is 39.4 Å². The molecule has 4 rings (SSSR count). The number of benzene rings is 3. The Labute approximate surface area is 161 Å². The molecule has 138 valence electrons. The molecule has 0 spiro atoms. The lowest BCUT2D eigenvalue weighted by molar-refractivity contribution is 0.416. The molecule has 0 unspecified atom stereocenters. The second-order valence-electron chi connectivity index (χ2n) is 6.17. The third-order valence-corrected chi connectivity index (χ3v) is 4.47. The lowest BCUT2D eigenvalue weighted by Gasteiger charge is -2.09. The van der Waals surface area contributed by atoms with E-state index in [1.54, 1.807) is 19.5 Å². The Hall–Kier alpha value is -3.60. The molecule has 28 heavy (non-hydrogen) atoms. The standard InChI is InChI=1S/C23H16F2N2O/c1-28-21-8-3-2-5-18(21)16-11-9-15(10-12-16)17-13-26-23(27-14-17)22-19(24)6-4-7-20(22)25/h2-14H,1H3. The second kappa shape index (κ2) is 7.56. The van der Waals surface area contributed by atoms with Crippen molar-refractivity contribution in [2.24, 2.45) is 0 Å². The van der Waals surface area contributed by atoms with E-state index >= 15 is 0 Å². The average Bonchev–Trinajstić information content (AvgIpc) is 2.74. The van der Waals surface area contributed by atoms with E-state index in [-0.39, 0.29) is 11.4 Å². The first kappa shape index (κ1) is 17.8. The maximum atomic E-state index is 13.9. The lowest BCUT2D eigenvalue weighted by atomic mass is 10.0. The number of para-hydroxylation sites is 1. The third kappa shape index (κ3) is 3.34. The summed E-state index contributed by atoms with van der Waals surface area (Å²) < 4.78 is 33.2. The van der Waals surface area contributed by atoms with Crippen LogP contribution >= 0.6 is 0 Å². The third-order valence-electron chi connectivity index (χ3n) is 4.47. The van der Waals surface area contributed by atoms with Crippen molar-refractivity contribution in [2.45, 2.75) is 0 Å². The molecule has 0 N–H and O–H groups in total. The van der Waals surface area contributed by atoms with E-state index in [2.05, 4.69) is 9.97 Å². The van der Waals surface area contributed by atoms with Gasteiger partial charge in [0.1, 0.15) is 17.4 Å². The van der Waals surface area contributed by atoms with Gasteiger partial charge in [-0.2, -0.15) is 0 Å². The number of hydrogen-bond acceptors (Lipinski definition) is 3. The molecule has 5 heteroatoms. The molecule has 1 aromatic heterocycles. The minimum absolute atomic E-state index is 0.0185. The first-order valence-electron chi connectivity index (χ1n) is 8.67. The van der Waals surface area contributed by atoms with Gasteiger partial charge in [0.05, 0.1) is 12.7 Å². The van der Waals surface area contributed by atoms with E-state index in [0.29, 0.717) is 0 Å². The minimum Gasteiger partial charge on any atom is -0.496 e. The molecular formula is C23H16F2N2O. The van der Waals surface area contributed by atoms with Gasteiger partial charge in [-0.3, -0.25) is 0 Å². The summed E-state index contributed by atoms with van der Waals surface area (Å²) in [6, 6.07) is 19.3. The van der Waals surface area contributed by atoms with Crippen LogP contribution in [0, 0.1) is 11.6 Å². The number of nitrogens with zero attached hydrogens (tertiary/aromatic N) is 2. The minimum atomic E-state index is -0.686. The van der Waals surface area contributed by atoms with Crippen molar-refractivity contribution in [3.05, 3.63) is 90.8 Å². The molecule has 4 aromatic rings. The number of ether oxygens (including phenoxy) is 1. The van der Waals surface area contributed by atoms with Crippen molar-refractivity contribution < 1.29 is 13.5 Å². The van der Waals surface area contributed by atoms with Crippen LogP contribution in [0.4, 0.5) is 8.78 Å². The predicted molar refractivity (Wildman–Crippen MR) is 105 cm³/mol. The molecule has 0 aliphatic heterocycles. The van der Waals surface area contributed by atoms with Crippen LogP contribution in [-0.2, 0) is 0 Å². The first-order valence-corrected chi connectivity index (χ1v) is 8.67. The van der Waals surface area contributed by atoms with Crippen LogP contribution in [0.25, 0.3) is 33.6 Å². The molecule has 0 bridgehead atoms. The molecule has 0 saturated heterocycles. The molecule has 0 radical (unpaired) electrons. The van der Waals surface area contributed by atoms with Crippen molar-refractivity contribution in [2.75, 3.05) is 7.11 Å². The SMILES string of the molecule is COc1ccccc1-c1ccc(-c2cnc(-c3c(F)cccc3F)nc2)cc1. The van der Waals surface area contributed by atoms with E-state index in [1.807, 2.05) is 48.5 Å². The highest BCUT2D eigenvalue weighted by molar-refractivity contribution is 5.74. The van der Waals surface area contributed by atoms with Crippen LogP contribution < -0.4 is 4.74 Å². The van der Waals surface area contributed by atoms with Crippen LogP contribution in [0.15, 0.2) is 79.1 Å². The molecule has 0 aliphatic rings. The van der Waals surface area contributed by atoms with Gasteiger partial charge in [0, 0.05) is 23.5 Å². The summed E-state index contributed by atoms with van der Waals surface area (Å²) in [4.78, 5) is 8.29. The Balaban J connectivity index is 1.63. The molecular weight excluding hydrogens is 358 g/mol. The maximum absolute atomic E-state index is 13.9. The average molecular weight is 374 g/mol. The van der Waals surface area contributed by atoms with E-state index in [4.69, 9.17) is 4.74 Å². The highest BCUT2D eigenvalue weighted by Gasteiger charge is 2.14. The van der Waals surface area contributed by atoms with Gasteiger partial charge in [-0.05, 0) is 29.3 Å². The molecule has 0 saturated carbocycles. The van der Waals surface area contributed by atoms with E-state index in [1.165, 1.54) is 18.2 Å². The molecule has 0 fully saturated rings. The highest BCUT2D eigenvalue weighted by atomic mass is 19.1. The van der Waals surface area contributed by atoms with Crippen molar-refractivity contribution in [1.29, 1.82) is 0 Å². The predicted octanol–water partition coefficient (Wildman–Crippen LogP) is 5.76.